The molecule has 0 aromatic heterocycles. The van der Waals surface area contributed by atoms with Crippen LogP contribution < -0.4 is 4.90 Å². The molecule has 1 aliphatic heterocycles. The molecular weight excluding hydrogens is 466 g/mol. The maximum absolute atomic E-state index is 11.9. The quantitative estimate of drug-likeness (QED) is 0.384. The van der Waals surface area contributed by atoms with Crippen LogP contribution in [-0.4, -0.2) is 37.6 Å². The predicted molar refractivity (Wildman–Crippen MR) is 143 cm³/mol. The van der Waals surface area contributed by atoms with E-state index in [1.807, 2.05) is 24.3 Å². The van der Waals surface area contributed by atoms with E-state index in [4.69, 9.17) is 11.6 Å². The minimum absolute atomic E-state index is 0.273. The van der Waals surface area contributed by atoms with E-state index in [0.29, 0.717) is 29.5 Å². The number of halogens is 1. The van der Waals surface area contributed by atoms with Crippen LogP contribution in [0.25, 0.3) is 0 Å². The van der Waals surface area contributed by atoms with Gasteiger partial charge < -0.3 is 10.0 Å². The molecule has 1 atom stereocenters. The Hall–Kier alpha value is -1.56. The number of piperidine rings is 1. The van der Waals surface area contributed by atoms with E-state index in [1.54, 1.807) is 13.8 Å². The second-order valence-corrected chi connectivity index (χ2v) is 13.4. The summed E-state index contributed by atoms with van der Waals surface area (Å²) in [5, 5.41) is 11.5. The van der Waals surface area contributed by atoms with Gasteiger partial charge >= 0.3 is 0 Å². The molecule has 3 rings (SSSR count). The smallest absolute Gasteiger partial charge is 0.152 e. The normalized spacial score (nSPS) is 17.2. The van der Waals surface area contributed by atoms with E-state index in [1.165, 1.54) is 11.3 Å². The summed E-state index contributed by atoms with van der Waals surface area (Å²) in [6.45, 7) is 7.39. The summed E-state index contributed by atoms with van der Waals surface area (Å²) in [7, 11) is -2.92. The van der Waals surface area contributed by atoms with Crippen molar-refractivity contribution >= 4 is 27.1 Å². The lowest BCUT2D eigenvalue weighted by Crippen LogP contribution is -2.42. The first kappa shape index (κ1) is 27.0. The van der Waals surface area contributed by atoms with Gasteiger partial charge in [0, 0.05) is 23.8 Å². The molecule has 1 unspecified atom stereocenters. The van der Waals surface area contributed by atoms with Crippen molar-refractivity contribution in [1.29, 1.82) is 0 Å². The number of sulfone groups is 1. The van der Waals surface area contributed by atoms with Gasteiger partial charge in [-0.25, -0.2) is 8.42 Å². The lowest BCUT2D eigenvalue weighted by molar-refractivity contribution is 0.0118. The molecule has 2 aromatic rings. The largest absolute Gasteiger partial charge is 0.385 e. The zero-order valence-corrected chi connectivity index (χ0v) is 22.4. The van der Waals surface area contributed by atoms with Crippen molar-refractivity contribution in [2.75, 3.05) is 23.7 Å². The number of aryl methyl sites for hydroxylation is 1. The number of nitrogens with zero attached hydrogens (tertiary/aromatic N) is 1. The third-order valence-corrected chi connectivity index (χ3v) is 9.83. The lowest BCUT2D eigenvalue weighted by atomic mass is 9.84. The van der Waals surface area contributed by atoms with Gasteiger partial charge in [0.1, 0.15) is 0 Å². The van der Waals surface area contributed by atoms with Crippen LogP contribution in [0.3, 0.4) is 0 Å². The van der Waals surface area contributed by atoms with Crippen LogP contribution >= 0.6 is 11.6 Å². The third kappa shape index (κ3) is 7.47. The Kier molecular flexibility index (Phi) is 9.48. The van der Waals surface area contributed by atoms with Gasteiger partial charge in [0.2, 0.25) is 0 Å². The molecule has 1 N–H and O–H groups in total. The van der Waals surface area contributed by atoms with Crippen LogP contribution in [-0.2, 0) is 21.9 Å². The summed E-state index contributed by atoms with van der Waals surface area (Å²) in [5.41, 5.74) is 2.72. The van der Waals surface area contributed by atoms with Crippen molar-refractivity contribution in [3.05, 3.63) is 64.7 Å². The van der Waals surface area contributed by atoms with Crippen molar-refractivity contribution in [3.8, 4) is 0 Å². The molecule has 0 amide bonds. The summed E-state index contributed by atoms with van der Waals surface area (Å²) in [5.74, 6) is 0.860. The van der Waals surface area contributed by atoms with Gasteiger partial charge in [-0.15, -0.1) is 0 Å². The Balaban J connectivity index is 1.40. The van der Waals surface area contributed by atoms with Gasteiger partial charge in [0.05, 0.1) is 16.6 Å². The Labute approximate surface area is 211 Å². The van der Waals surface area contributed by atoms with Crippen LogP contribution in [0, 0.1) is 5.92 Å². The number of aliphatic hydroxyl groups is 1. The highest BCUT2D eigenvalue weighted by molar-refractivity contribution is 7.91. The van der Waals surface area contributed by atoms with Crippen LogP contribution in [0.1, 0.15) is 70.4 Å². The summed E-state index contributed by atoms with van der Waals surface area (Å²) in [6, 6.07) is 16.4. The van der Waals surface area contributed by atoms with Gasteiger partial charge in [0.15, 0.2) is 9.84 Å². The van der Waals surface area contributed by atoms with Crippen molar-refractivity contribution in [1.82, 2.24) is 0 Å². The van der Waals surface area contributed by atoms with Crippen LogP contribution in [0.5, 0.6) is 0 Å². The highest BCUT2D eigenvalue weighted by atomic mass is 35.5. The molecule has 0 radical (unpaired) electrons. The zero-order valence-electron chi connectivity index (χ0n) is 20.8. The van der Waals surface area contributed by atoms with Crippen molar-refractivity contribution in [2.24, 2.45) is 5.92 Å². The van der Waals surface area contributed by atoms with Gasteiger partial charge in [-0.1, -0.05) is 49.2 Å². The molecule has 0 spiro atoms. The first-order valence-electron chi connectivity index (χ1n) is 12.6. The molecule has 4 nitrogen and oxygen atoms in total. The average molecular weight is 506 g/mol. The first-order valence-corrected chi connectivity index (χ1v) is 14.7. The Morgan fingerprint density at radius 1 is 0.941 bits per heavy atom. The molecule has 0 bridgehead atoms. The number of hydrogen-bond acceptors (Lipinski definition) is 4. The molecule has 6 heteroatoms. The first-order chi connectivity index (χ1) is 16.1. The summed E-state index contributed by atoms with van der Waals surface area (Å²) >= 11 is 5.99. The number of rotatable bonds is 11. The Morgan fingerprint density at radius 3 is 2.12 bits per heavy atom. The molecule has 2 aromatic carbocycles. The van der Waals surface area contributed by atoms with Gasteiger partial charge in [-0.05, 0) is 93.7 Å². The fourth-order valence-electron chi connectivity index (χ4n) is 4.72. The highest BCUT2D eigenvalue weighted by Crippen LogP contribution is 2.35. The fraction of sp³-hybridized carbons (Fsp3) is 0.571. The van der Waals surface area contributed by atoms with Crippen LogP contribution in [0.2, 0.25) is 5.02 Å². The minimum atomic E-state index is -2.92. The Bertz CT molecular complexity index is 995. The van der Waals surface area contributed by atoms with Crippen molar-refractivity contribution in [3.63, 3.8) is 0 Å². The van der Waals surface area contributed by atoms with E-state index in [-0.39, 0.29) is 5.25 Å². The molecule has 0 saturated carbocycles. The third-order valence-electron chi connectivity index (χ3n) is 7.28. The lowest BCUT2D eigenvalue weighted by Gasteiger charge is -2.39. The van der Waals surface area contributed by atoms with Crippen LogP contribution in [0.15, 0.2) is 48.5 Å². The maximum atomic E-state index is 11.9. The summed E-state index contributed by atoms with van der Waals surface area (Å²) in [4.78, 5) is 2.35. The topological polar surface area (TPSA) is 57.6 Å². The monoisotopic (exact) mass is 505 g/mol. The SMILES string of the molecule is CC(CCCc1ccc(N2CCC(O)(c3ccc(Cl)cc3)CC2)cc1)CCCS(=O)(=O)C(C)C. The molecule has 0 aliphatic carbocycles. The molecule has 1 aliphatic rings. The van der Waals surface area contributed by atoms with Crippen molar-refractivity contribution < 1.29 is 13.5 Å². The molecule has 1 saturated heterocycles. The van der Waals surface area contributed by atoms with E-state index < -0.39 is 15.4 Å². The number of hydrogen-bond donors (Lipinski definition) is 1. The average Bonchev–Trinajstić information content (AvgIpc) is 2.80. The molecule has 188 valence electrons. The number of anilines is 1. The zero-order chi connectivity index (χ0) is 24.8. The summed E-state index contributed by atoms with van der Waals surface area (Å²) < 4.78 is 23.9. The van der Waals surface area contributed by atoms with Crippen molar-refractivity contribution in [2.45, 2.75) is 76.6 Å². The van der Waals surface area contributed by atoms with E-state index >= 15 is 0 Å². The standard InChI is InChI=1S/C28H40ClNO3S/c1-22(2)34(32,33)21-5-7-23(3)6-4-8-24-9-15-27(16-10-24)30-19-17-28(31,18-20-30)25-11-13-26(29)14-12-25/h9-16,22-23,31H,4-8,17-21H2,1-3H3. The van der Waals surface area contributed by atoms with E-state index in [2.05, 4.69) is 36.1 Å². The predicted octanol–water partition coefficient (Wildman–Crippen LogP) is 6.39. The van der Waals surface area contributed by atoms with E-state index in [9.17, 15) is 13.5 Å². The Morgan fingerprint density at radius 2 is 1.53 bits per heavy atom. The minimum Gasteiger partial charge on any atom is -0.385 e. The van der Waals surface area contributed by atoms with Gasteiger partial charge in [0.25, 0.3) is 0 Å². The number of benzene rings is 2. The fourth-order valence-corrected chi connectivity index (χ4v) is 5.89. The van der Waals surface area contributed by atoms with Gasteiger partial charge in [-0.3, -0.25) is 0 Å². The van der Waals surface area contributed by atoms with Gasteiger partial charge in [-0.2, -0.15) is 0 Å². The second kappa shape index (κ2) is 11.9. The maximum Gasteiger partial charge on any atom is 0.152 e. The molecule has 34 heavy (non-hydrogen) atoms. The molecule has 1 heterocycles. The van der Waals surface area contributed by atoms with Crippen LogP contribution in [0.4, 0.5) is 5.69 Å². The highest BCUT2D eigenvalue weighted by Gasteiger charge is 2.34. The molecule has 1 fully saturated rings. The summed E-state index contributed by atoms with van der Waals surface area (Å²) in [6.07, 6.45) is 6.43. The van der Waals surface area contributed by atoms with E-state index in [0.717, 1.165) is 50.8 Å². The molecular formula is C28H40ClNO3S. The second-order valence-electron chi connectivity index (χ2n) is 10.2.